The molecule has 0 bridgehead atoms. The molecular formula is C12H14N2. The number of rotatable bonds is 1. The predicted octanol–water partition coefficient (Wildman–Crippen LogP) is 2.65. The smallest absolute Gasteiger partial charge is 0.0991 e. The number of nitrogens with zero attached hydrogens (tertiary/aromatic N) is 1. The van der Waals surface area contributed by atoms with Crippen LogP contribution < -0.4 is 5.32 Å². The molecule has 0 fully saturated rings. The van der Waals surface area contributed by atoms with Crippen molar-refractivity contribution in [3.8, 4) is 6.07 Å². The van der Waals surface area contributed by atoms with Gasteiger partial charge in [0.15, 0.2) is 0 Å². The minimum atomic E-state index is 0.197. The van der Waals surface area contributed by atoms with E-state index >= 15 is 0 Å². The average Bonchev–Trinajstić information content (AvgIpc) is 2.57. The quantitative estimate of drug-likeness (QED) is 0.731. The number of anilines is 1. The summed E-state index contributed by atoms with van der Waals surface area (Å²) in [5.41, 5.74) is 3.43. The van der Waals surface area contributed by atoms with E-state index in [2.05, 4.69) is 25.2 Å². The van der Waals surface area contributed by atoms with Gasteiger partial charge in [-0.1, -0.05) is 13.8 Å². The number of hydrogen-bond donors (Lipinski definition) is 1. The zero-order valence-electron chi connectivity index (χ0n) is 8.59. The van der Waals surface area contributed by atoms with Crippen LogP contribution in [0.25, 0.3) is 0 Å². The van der Waals surface area contributed by atoms with Crippen molar-refractivity contribution in [2.75, 3.05) is 11.9 Å². The molecule has 0 spiro atoms. The van der Waals surface area contributed by atoms with E-state index in [0.717, 1.165) is 18.5 Å². The van der Waals surface area contributed by atoms with E-state index < -0.39 is 0 Å². The summed E-state index contributed by atoms with van der Waals surface area (Å²) in [6.45, 7) is 5.41. The Labute approximate surface area is 84.6 Å². The largest absolute Gasteiger partial charge is 0.384 e. The van der Waals surface area contributed by atoms with Gasteiger partial charge in [-0.05, 0) is 30.2 Å². The van der Waals surface area contributed by atoms with Crippen molar-refractivity contribution in [2.24, 2.45) is 0 Å². The normalized spacial score (nSPS) is 23.8. The summed E-state index contributed by atoms with van der Waals surface area (Å²) < 4.78 is 0. The zero-order valence-corrected chi connectivity index (χ0v) is 8.59. The molecule has 0 saturated carbocycles. The van der Waals surface area contributed by atoms with Crippen molar-refractivity contribution < 1.29 is 0 Å². The second kappa shape index (κ2) is 3.02. The van der Waals surface area contributed by atoms with Crippen LogP contribution in [0.15, 0.2) is 18.2 Å². The molecule has 1 N–H and O–H groups in total. The number of nitrogens with one attached hydrogen (secondary N) is 1. The SMILES string of the molecule is CC[C@]1(C)CNc2ccc(C#N)cc21. The minimum absolute atomic E-state index is 0.197. The van der Waals surface area contributed by atoms with Gasteiger partial charge in [0.1, 0.15) is 0 Å². The molecule has 0 amide bonds. The fourth-order valence-corrected chi connectivity index (χ4v) is 1.97. The Morgan fingerprint density at radius 1 is 1.57 bits per heavy atom. The lowest BCUT2D eigenvalue weighted by atomic mass is 9.81. The van der Waals surface area contributed by atoms with Crippen molar-refractivity contribution in [3.63, 3.8) is 0 Å². The van der Waals surface area contributed by atoms with E-state index in [9.17, 15) is 0 Å². The van der Waals surface area contributed by atoms with Gasteiger partial charge in [0.05, 0.1) is 11.6 Å². The fraction of sp³-hybridized carbons (Fsp3) is 0.417. The molecule has 2 nitrogen and oxygen atoms in total. The second-order valence-electron chi connectivity index (χ2n) is 4.14. The summed E-state index contributed by atoms with van der Waals surface area (Å²) in [5.74, 6) is 0. The highest BCUT2D eigenvalue weighted by molar-refractivity contribution is 5.62. The van der Waals surface area contributed by atoms with E-state index in [4.69, 9.17) is 5.26 Å². The van der Waals surface area contributed by atoms with Gasteiger partial charge in [0.25, 0.3) is 0 Å². The molecule has 1 atom stereocenters. The lowest BCUT2D eigenvalue weighted by Crippen LogP contribution is -2.22. The van der Waals surface area contributed by atoms with E-state index in [1.807, 2.05) is 18.2 Å². The topological polar surface area (TPSA) is 35.8 Å². The molecule has 0 aliphatic carbocycles. The molecule has 1 aromatic carbocycles. The molecule has 0 unspecified atom stereocenters. The van der Waals surface area contributed by atoms with E-state index in [1.54, 1.807) is 0 Å². The number of hydrogen-bond acceptors (Lipinski definition) is 2. The third-order valence-corrected chi connectivity index (χ3v) is 3.25. The Hall–Kier alpha value is -1.49. The van der Waals surface area contributed by atoms with E-state index in [1.165, 1.54) is 11.3 Å². The molecule has 0 radical (unpaired) electrons. The Morgan fingerprint density at radius 2 is 2.36 bits per heavy atom. The van der Waals surface area contributed by atoms with Crippen molar-refractivity contribution in [2.45, 2.75) is 25.7 Å². The molecule has 14 heavy (non-hydrogen) atoms. The second-order valence-corrected chi connectivity index (χ2v) is 4.14. The van der Waals surface area contributed by atoms with Gasteiger partial charge in [-0.15, -0.1) is 0 Å². The molecule has 1 heterocycles. The summed E-state index contributed by atoms with van der Waals surface area (Å²) in [6.07, 6.45) is 1.10. The average molecular weight is 186 g/mol. The molecule has 1 aliphatic rings. The van der Waals surface area contributed by atoms with E-state index in [-0.39, 0.29) is 5.41 Å². The molecule has 2 rings (SSSR count). The van der Waals surface area contributed by atoms with Crippen LogP contribution in [0, 0.1) is 11.3 Å². The predicted molar refractivity (Wildman–Crippen MR) is 57.3 cm³/mol. The third-order valence-electron chi connectivity index (χ3n) is 3.25. The maximum Gasteiger partial charge on any atom is 0.0991 e. The highest BCUT2D eigenvalue weighted by Gasteiger charge is 2.32. The lowest BCUT2D eigenvalue weighted by molar-refractivity contribution is 0.504. The monoisotopic (exact) mass is 186 g/mol. The Balaban J connectivity index is 2.53. The van der Waals surface area contributed by atoms with Gasteiger partial charge in [-0.2, -0.15) is 5.26 Å². The summed E-state index contributed by atoms with van der Waals surface area (Å²) in [7, 11) is 0. The Morgan fingerprint density at radius 3 is 3.00 bits per heavy atom. The summed E-state index contributed by atoms with van der Waals surface area (Å²) >= 11 is 0. The first kappa shape index (κ1) is 9.08. The van der Waals surface area contributed by atoms with Crippen LogP contribution in [0.3, 0.4) is 0 Å². The van der Waals surface area contributed by atoms with Crippen LogP contribution in [0.1, 0.15) is 31.4 Å². The maximum atomic E-state index is 8.84. The molecule has 0 saturated heterocycles. The Kier molecular flexibility index (Phi) is 1.96. The molecule has 1 aliphatic heterocycles. The Bertz CT molecular complexity index is 403. The first-order valence-corrected chi connectivity index (χ1v) is 4.98. The van der Waals surface area contributed by atoms with Gasteiger partial charge in [-0.3, -0.25) is 0 Å². The first-order valence-electron chi connectivity index (χ1n) is 4.98. The van der Waals surface area contributed by atoms with Gasteiger partial charge in [0, 0.05) is 17.6 Å². The molecular weight excluding hydrogens is 172 g/mol. The first-order chi connectivity index (χ1) is 6.69. The van der Waals surface area contributed by atoms with Crippen LogP contribution in [0.4, 0.5) is 5.69 Å². The fourth-order valence-electron chi connectivity index (χ4n) is 1.97. The summed E-state index contributed by atoms with van der Waals surface area (Å²) in [5, 5.41) is 12.2. The standard InChI is InChI=1S/C12H14N2/c1-3-12(2)8-14-11-5-4-9(7-13)6-10(11)12/h4-6,14H,3,8H2,1-2H3/t12-/m1/s1. The van der Waals surface area contributed by atoms with Gasteiger partial charge >= 0.3 is 0 Å². The zero-order chi connectivity index (χ0) is 10.2. The highest BCUT2D eigenvalue weighted by atomic mass is 14.9. The van der Waals surface area contributed by atoms with Gasteiger partial charge in [-0.25, -0.2) is 0 Å². The van der Waals surface area contributed by atoms with E-state index in [0.29, 0.717) is 0 Å². The van der Waals surface area contributed by atoms with Gasteiger partial charge in [0.2, 0.25) is 0 Å². The van der Waals surface area contributed by atoms with Crippen LogP contribution in [-0.4, -0.2) is 6.54 Å². The van der Waals surface area contributed by atoms with Crippen LogP contribution in [-0.2, 0) is 5.41 Å². The van der Waals surface area contributed by atoms with Crippen molar-refractivity contribution in [3.05, 3.63) is 29.3 Å². The number of fused-ring (bicyclic) bond motifs is 1. The molecule has 1 aromatic rings. The van der Waals surface area contributed by atoms with Crippen LogP contribution in [0.5, 0.6) is 0 Å². The summed E-state index contributed by atoms with van der Waals surface area (Å²) in [4.78, 5) is 0. The van der Waals surface area contributed by atoms with Gasteiger partial charge < -0.3 is 5.32 Å². The number of benzene rings is 1. The lowest BCUT2D eigenvalue weighted by Gasteiger charge is -2.21. The molecule has 72 valence electrons. The molecule has 2 heteroatoms. The van der Waals surface area contributed by atoms with Crippen molar-refractivity contribution in [1.82, 2.24) is 0 Å². The van der Waals surface area contributed by atoms with Crippen molar-refractivity contribution >= 4 is 5.69 Å². The van der Waals surface area contributed by atoms with Crippen LogP contribution in [0.2, 0.25) is 0 Å². The highest BCUT2D eigenvalue weighted by Crippen LogP contribution is 2.39. The minimum Gasteiger partial charge on any atom is -0.384 e. The maximum absolute atomic E-state index is 8.84. The van der Waals surface area contributed by atoms with Crippen molar-refractivity contribution in [1.29, 1.82) is 5.26 Å². The summed E-state index contributed by atoms with van der Waals surface area (Å²) in [6, 6.07) is 8.08. The van der Waals surface area contributed by atoms with Crippen LogP contribution >= 0.6 is 0 Å². The number of nitriles is 1. The molecule has 0 aromatic heterocycles. The third kappa shape index (κ3) is 1.17.